The molecule has 0 aliphatic carbocycles. The molecule has 2 heterocycles. The maximum atomic E-state index is 14.2. The summed E-state index contributed by atoms with van der Waals surface area (Å²) >= 11 is 6.08. The van der Waals surface area contributed by atoms with Gasteiger partial charge in [0.1, 0.15) is 31.1 Å². The number of amides is 1. The minimum Gasteiger partial charge on any atom is -0.486 e. The number of aryl methyl sites for hydroxylation is 1. The quantitative estimate of drug-likeness (QED) is 0.239. The Hall–Kier alpha value is -3.73. The summed E-state index contributed by atoms with van der Waals surface area (Å²) in [5.41, 5.74) is 1.69. The van der Waals surface area contributed by atoms with Gasteiger partial charge in [-0.25, -0.2) is 22.2 Å². The normalized spacial score (nSPS) is 11.8. The van der Waals surface area contributed by atoms with Crippen LogP contribution >= 0.6 is 18.7 Å². The Bertz CT molecular complexity index is 1810. The molecule has 0 bridgehead atoms. The van der Waals surface area contributed by atoms with Crippen LogP contribution in [0.1, 0.15) is 15.9 Å². The van der Waals surface area contributed by atoms with E-state index < -0.39 is 34.7 Å². The van der Waals surface area contributed by atoms with Gasteiger partial charge in [-0.05, 0) is 61.4 Å². The molecule has 216 valence electrons. The fourth-order valence-corrected chi connectivity index (χ4v) is 5.67. The maximum Gasteiger partial charge on any atom is 0.257 e. The number of pyridine rings is 1. The highest BCUT2D eigenvalue weighted by atomic mass is 35.5. The van der Waals surface area contributed by atoms with E-state index in [-0.39, 0.29) is 40.0 Å². The summed E-state index contributed by atoms with van der Waals surface area (Å²) in [5, 5.41) is 3.22. The Labute approximate surface area is 240 Å². The van der Waals surface area contributed by atoms with E-state index >= 15 is 0 Å². The van der Waals surface area contributed by atoms with Crippen LogP contribution in [0.15, 0.2) is 60.9 Å². The first-order valence-corrected chi connectivity index (χ1v) is 16.8. The Kier molecular flexibility index (Phi) is 8.58. The molecule has 0 saturated carbocycles. The van der Waals surface area contributed by atoms with Crippen LogP contribution in [0.3, 0.4) is 0 Å². The first-order chi connectivity index (χ1) is 19.1. The molecule has 0 aliphatic heterocycles. The van der Waals surface area contributed by atoms with Gasteiger partial charge in [0.2, 0.25) is 10.0 Å². The maximum absolute atomic E-state index is 14.2. The van der Waals surface area contributed by atoms with Crippen LogP contribution in [0.5, 0.6) is 5.75 Å². The van der Waals surface area contributed by atoms with Gasteiger partial charge in [0, 0.05) is 35.3 Å². The molecule has 1 amide bonds. The number of nitrogens with one attached hydrogen (secondary N) is 2. The highest BCUT2D eigenvalue weighted by molar-refractivity contribution is 7.92. The lowest BCUT2D eigenvalue weighted by atomic mass is 10.2. The van der Waals surface area contributed by atoms with Crippen LogP contribution in [-0.2, 0) is 28.2 Å². The number of hydrogen-bond acceptors (Lipinski definition) is 6. The van der Waals surface area contributed by atoms with Crippen LogP contribution in [-0.4, -0.2) is 43.5 Å². The van der Waals surface area contributed by atoms with Gasteiger partial charge < -0.3 is 19.2 Å². The van der Waals surface area contributed by atoms with Gasteiger partial charge >= 0.3 is 0 Å². The number of rotatable bonds is 9. The predicted molar refractivity (Wildman–Crippen MR) is 156 cm³/mol. The predicted octanol–water partition coefficient (Wildman–Crippen LogP) is 5.47. The Morgan fingerprint density at radius 2 is 1.76 bits per heavy atom. The highest BCUT2D eigenvalue weighted by Gasteiger charge is 2.19. The van der Waals surface area contributed by atoms with Gasteiger partial charge in [0.15, 0.2) is 5.75 Å². The fourth-order valence-electron chi connectivity index (χ4n) is 3.97. The van der Waals surface area contributed by atoms with Crippen molar-refractivity contribution in [1.29, 1.82) is 0 Å². The first-order valence-electron chi connectivity index (χ1n) is 12.0. The van der Waals surface area contributed by atoms with Crippen LogP contribution in [0.25, 0.3) is 11.4 Å². The third kappa shape index (κ3) is 7.93. The summed E-state index contributed by atoms with van der Waals surface area (Å²) in [5.74, 6) is -1.71. The number of ether oxygens (including phenoxy) is 1. The zero-order chi connectivity index (χ0) is 30.1. The lowest BCUT2D eigenvalue weighted by Crippen LogP contribution is -2.13. The molecular weight excluding hydrogens is 597 g/mol. The van der Waals surface area contributed by atoms with Gasteiger partial charge in [0.05, 0.1) is 29.4 Å². The van der Waals surface area contributed by atoms with Crippen molar-refractivity contribution in [2.24, 2.45) is 7.05 Å². The number of hydrogen-bond donors (Lipinski definition) is 2. The van der Waals surface area contributed by atoms with Gasteiger partial charge in [-0.2, -0.15) is 0 Å². The lowest BCUT2D eigenvalue weighted by Gasteiger charge is -2.13. The van der Waals surface area contributed by atoms with E-state index in [9.17, 15) is 26.6 Å². The van der Waals surface area contributed by atoms with Gasteiger partial charge in [0.25, 0.3) is 5.91 Å². The molecule has 0 unspecified atom stereocenters. The van der Waals surface area contributed by atoms with Crippen molar-refractivity contribution in [2.45, 2.75) is 6.61 Å². The summed E-state index contributed by atoms with van der Waals surface area (Å²) < 4.78 is 73.6. The SMILES string of the molecule is Cn1cc(C(=O)Nc2cc(Cl)cc(NS(C)(=O)=O)c2)cc1-c1ncc(F)cc1OCc1cc(F)cc(P(C)(C)=O)c1. The molecule has 41 heavy (non-hydrogen) atoms. The molecule has 0 radical (unpaired) electrons. The monoisotopic (exact) mass is 622 g/mol. The van der Waals surface area contributed by atoms with E-state index in [1.54, 1.807) is 17.7 Å². The summed E-state index contributed by atoms with van der Waals surface area (Å²) in [6, 6.07) is 10.9. The smallest absolute Gasteiger partial charge is 0.257 e. The van der Waals surface area contributed by atoms with Gasteiger partial charge in [-0.3, -0.25) is 9.52 Å². The zero-order valence-corrected chi connectivity index (χ0v) is 24.9. The van der Waals surface area contributed by atoms with E-state index in [1.807, 2.05) is 0 Å². The standard InChI is InChI=1S/C27H26ClF2N4O5PS/c1-34-14-17(27(35)32-21-8-18(28)9-22(12-21)33-41(4,37)38)7-24(34)26-25(11-20(30)13-31-26)39-15-16-5-19(29)10-23(6-16)40(2,3)36/h5-14,33H,15H2,1-4H3,(H,32,35). The van der Waals surface area contributed by atoms with E-state index in [1.165, 1.54) is 55.9 Å². The molecule has 9 nitrogen and oxygen atoms in total. The molecule has 0 saturated heterocycles. The highest BCUT2D eigenvalue weighted by Crippen LogP contribution is 2.35. The van der Waals surface area contributed by atoms with Crippen molar-refractivity contribution in [1.82, 2.24) is 9.55 Å². The van der Waals surface area contributed by atoms with Crippen LogP contribution < -0.4 is 20.1 Å². The summed E-state index contributed by atoms with van der Waals surface area (Å²) in [4.78, 5) is 17.2. The third-order valence-electron chi connectivity index (χ3n) is 5.75. The van der Waals surface area contributed by atoms with Crippen molar-refractivity contribution in [3.8, 4) is 17.1 Å². The van der Waals surface area contributed by atoms with Crippen LogP contribution in [0, 0.1) is 11.6 Å². The molecule has 4 aromatic rings. The topological polar surface area (TPSA) is 119 Å². The summed E-state index contributed by atoms with van der Waals surface area (Å²) in [6.45, 7) is 2.91. The molecule has 4 rings (SSSR count). The second kappa shape index (κ2) is 11.6. The number of sulfonamides is 1. The molecule has 0 aliphatic rings. The van der Waals surface area contributed by atoms with E-state index in [0.29, 0.717) is 16.6 Å². The minimum atomic E-state index is -3.57. The Morgan fingerprint density at radius 1 is 1.05 bits per heavy atom. The van der Waals surface area contributed by atoms with Crippen molar-refractivity contribution in [3.63, 3.8) is 0 Å². The summed E-state index contributed by atoms with van der Waals surface area (Å²) in [6.07, 6.45) is 3.52. The molecule has 14 heteroatoms. The van der Waals surface area contributed by atoms with Crippen molar-refractivity contribution in [3.05, 3.63) is 88.7 Å². The minimum absolute atomic E-state index is 0.0477. The van der Waals surface area contributed by atoms with Crippen LogP contribution in [0.2, 0.25) is 5.02 Å². The number of nitrogens with zero attached hydrogens (tertiary/aromatic N) is 2. The second-order valence-corrected chi connectivity index (χ2v) is 15.1. The summed E-state index contributed by atoms with van der Waals surface area (Å²) in [7, 11) is -4.64. The Morgan fingerprint density at radius 3 is 2.44 bits per heavy atom. The molecular formula is C27H26ClF2N4O5PS. The number of carbonyl (C=O) groups is 1. The van der Waals surface area contributed by atoms with Crippen molar-refractivity contribution in [2.75, 3.05) is 29.6 Å². The van der Waals surface area contributed by atoms with Crippen molar-refractivity contribution >= 4 is 51.4 Å². The number of anilines is 2. The molecule has 2 N–H and O–H groups in total. The average molecular weight is 623 g/mol. The van der Waals surface area contributed by atoms with Gasteiger partial charge in [-0.1, -0.05) is 11.6 Å². The average Bonchev–Trinajstić information content (AvgIpc) is 3.22. The Balaban J connectivity index is 1.59. The van der Waals surface area contributed by atoms with Crippen molar-refractivity contribution < 1.29 is 31.3 Å². The molecule has 2 aromatic carbocycles. The van der Waals surface area contributed by atoms with E-state index in [2.05, 4.69) is 15.0 Å². The molecule has 2 aromatic heterocycles. The number of benzene rings is 2. The van der Waals surface area contributed by atoms with Crippen LogP contribution in [0.4, 0.5) is 20.2 Å². The third-order valence-corrected chi connectivity index (χ3v) is 8.07. The number of aromatic nitrogens is 2. The van der Waals surface area contributed by atoms with E-state index in [0.717, 1.165) is 18.5 Å². The molecule has 0 fully saturated rings. The van der Waals surface area contributed by atoms with Gasteiger partial charge in [-0.15, -0.1) is 0 Å². The van der Waals surface area contributed by atoms with E-state index in [4.69, 9.17) is 16.3 Å². The lowest BCUT2D eigenvalue weighted by molar-refractivity contribution is 0.102. The largest absolute Gasteiger partial charge is 0.486 e. The second-order valence-electron chi connectivity index (χ2n) is 9.74. The number of carbonyl (C=O) groups excluding carboxylic acids is 1. The fraction of sp³-hybridized carbons (Fsp3) is 0.185. The molecule has 0 atom stereocenters. The molecule has 0 spiro atoms. The zero-order valence-electron chi connectivity index (χ0n) is 22.4. The number of halogens is 3. The first kappa shape index (κ1) is 30.2.